The molecule has 3 heteroatoms. The van der Waals surface area contributed by atoms with Crippen LogP contribution in [-0.2, 0) is 12.8 Å². The van der Waals surface area contributed by atoms with E-state index in [1.54, 1.807) is 0 Å². The molecule has 0 saturated heterocycles. The van der Waals surface area contributed by atoms with Crippen molar-refractivity contribution in [1.29, 1.82) is 0 Å². The summed E-state index contributed by atoms with van der Waals surface area (Å²) in [6.45, 7) is 1.11. The van der Waals surface area contributed by atoms with Gasteiger partial charge >= 0.3 is 0 Å². The lowest BCUT2D eigenvalue weighted by molar-refractivity contribution is 0.228. The minimum Gasteiger partial charge on any atom is -0.506 e. The van der Waals surface area contributed by atoms with Crippen molar-refractivity contribution in [3.05, 3.63) is 51.5 Å². The van der Waals surface area contributed by atoms with Crippen molar-refractivity contribution in [2.45, 2.75) is 18.9 Å². The second kappa shape index (κ2) is 4.34. The Kier molecular flexibility index (Phi) is 2.69. The first-order valence-corrected chi connectivity index (χ1v) is 7.79. The molecule has 4 rings (SSSR count). The van der Waals surface area contributed by atoms with Crippen LogP contribution in [0.4, 0.5) is 0 Å². The lowest BCUT2D eigenvalue weighted by Gasteiger charge is -2.39. The van der Waals surface area contributed by atoms with Crippen LogP contribution in [0.5, 0.6) is 5.75 Å². The molecule has 2 aromatic carbocycles. The Bertz CT molecular complexity index is 710. The number of phenolic OH excluding ortho intramolecular Hbond substituents is 1. The van der Waals surface area contributed by atoms with Crippen molar-refractivity contribution in [1.82, 2.24) is 4.90 Å². The fraction of sp³-hybridized carbons (Fsp3) is 0.294. The van der Waals surface area contributed by atoms with Crippen LogP contribution in [0, 0.1) is 0 Å². The average Bonchev–Trinajstić information content (AvgIpc) is 2.46. The van der Waals surface area contributed by atoms with Gasteiger partial charge in [-0.05, 0) is 64.1 Å². The molecule has 1 atom stereocenters. The minimum absolute atomic E-state index is 0.377. The molecule has 20 heavy (non-hydrogen) atoms. The summed E-state index contributed by atoms with van der Waals surface area (Å²) in [6.07, 6.45) is 2.08. The molecule has 0 unspecified atom stereocenters. The largest absolute Gasteiger partial charge is 0.506 e. The van der Waals surface area contributed by atoms with Crippen LogP contribution in [-0.4, -0.2) is 23.6 Å². The van der Waals surface area contributed by atoms with Gasteiger partial charge in [0, 0.05) is 18.2 Å². The highest BCUT2D eigenvalue weighted by Crippen LogP contribution is 2.49. The molecule has 2 aliphatic rings. The summed E-state index contributed by atoms with van der Waals surface area (Å²) >= 11 is 3.44. The molecular weight excluding hydrogens is 314 g/mol. The molecule has 0 spiro atoms. The zero-order valence-electron chi connectivity index (χ0n) is 11.4. The van der Waals surface area contributed by atoms with Gasteiger partial charge < -0.3 is 5.11 Å². The van der Waals surface area contributed by atoms with Crippen molar-refractivity contribution in [2.75, 3.05) is 13.6 Å². The van der Waals surface area contributed by atoms with Crippen LogP contribution in [0.2, 0.25) is 0 Å². The zero-order chi connectivity index (χ0) is 13.9. The van der Waals surface area contributed by atoms with Crippen LogP contribution < -0.4 is 0 Å². The lowest BCUT2D eigenvalue weighted by Crippen LogP contribution is -2.35. The first kappa shape index (κ1) is 12.4. The Morgan fingerprint density at radius 1 is 1.20 bits per heavy atom. The second-order valence-corrected chi connectivity index (χ2v) is 6.61. The number of fused-ring (bicyclic) bond motifs is 2. The third-order valence-corrected chi connectivity index (χ3v) is 5.33. The topological polar surface area (TPSA) is 23.5 Å². The minimum atomic E-state index is 0.377. The molecule has 1 aliphatic heterocycles. The van der Waals surface area contributed by atoms with E-state index < -0.39 is 0 Å². The molecule has 1 heterocycles. The second-order valence-electron chi connectivity index (χ2n) is 5.76. The highest BCUT2D eigenvalue weighted by atomic mass is 79.9. The Morgan fingerprint density at radius 2 is 2.05 bits per heavy atom. The number of rotatable bonds is 0. The normalized spacial score (nSPS) is 20.4. The monoisotopic (exact) mass is 329 g/mol. The Balaban J connectivity index is 2.05. The molecular formula is C17H16BrNO. The molecule has 0 fully saturated rings. The molecule has 0 radical (unpaired) electrons. The van der Waals surface area contributed by atoms with Gasteiger partial charge in [0.25, 0.3) is 0 Å². The van der Waals surface area contributed by atoms with E-state index in [9.17, 15) is 5.11 Å². The Hall–Kier alpha value is -1.32. The Labute approximate surface area is 127 Å². The summed E-state index contributed by atoms with van der Waals surface area (Å²) in [6, 6.07) is 11.0. The van der Waals surface area contributed by atoms with Crippen molar-refractivity contribution < 1.29 is 5.11 Å². The molecule has 1 N–H and O–H groups in total. The number of hydrogen-bond acceptors (Lipinski definition) is 2. The van der Waals surface area contributed by atoms with Gasteiger partial charge in [0.2, 0.25) is 0 Å². The first-order valence-electron chi connectivity index (χ1n) is 6.99. The first-order chi connectivity index (χ1) is 9.66. The van der Waals surface area contributed by atoms with Crippen LogP contribution in [0.3, 0.4) is 0 Å². The molecule has 0 aromatic heterocycles. The number of benzene rings is 2. The van der Waals surface area contributed by atoms with E-state index in [1.165, 1.54) is 22.3 Å². The molecule has 2 aromatic rings. The molecule has 2 nitrogen and oxygen atoms in total. The highest BCUT2D eigenvalue weighted by Gasteiger charge is 2.33. The number of halogens is 1. The van der Waals surface area contributed by atoms with Crippen molar-refractivity contribution in [3.63, 3.8) is 0 Å². The quantitative estimate of drug-likeness (QED) is 0.792. The van der Waals surface area contributed by atoms with Gasteiger partial charge in [-0.25, -0.2) is 0 Å². The summed E-state index contributed by atoms with van der Waals surface area (Å²) in [5.74, 6) is 0.377. The molecule has 0 amide bonds. The SMILES string of the molecule is CN1CCc2cccc3c2[C@@H]1Cc1ccc(Br)c(O)c1-3. The van der Waals surface area contributed by atoms with Crippen molar-refractivity contribution in [2.24, 2.45) is 0 Å². The maximum Gasteiger partial charge on any atom is 0.137 e. The van der Waals surface area contributed by atoms with Gasteiger partial charge in [-0.1, -0.05) is 24.3 Å². The van der Waals surface area contributed by atoms with E-state index in [0.717, 1.165) is 29.4 Å². The zero-order valence-corrected chi connectivity index (χ0v) is 12.9. The molecule has 1 aliphatic carbocycles. The van der Waals surface area contributed by atoms with Crippen LogP contribution >= 0.6 is 15.9 Å². The van der Waals surface area contributed by atoms with E-state index in [2.05, 4.69) is 52.1 Å². The number of hydrogen-bond donors (Lipinski definition) is 1. The van der Waals surface area contributed by atoms with Gasteiger partial charge in [0.1, 0.15) is 5.75 Å². The number of phenols is 1. The van der Waals surface area contributed by atoms with Crippen molar-refractivity contribution >= 4 is 15.9 Å². The van der Waals surface area contributed by atoms with Gasteiger partial charge in [0.05, 0.1) is 4.47 Å². The summed E-state index contributed by atoms with van der Waals surface area (Å²) in [4.78, 5) is 2.44. The number of likely N-dealkylation sites (N-methyl/N-ethyl adjacent to an activating group) is 1. The predicted molar refractivity (Wildman–Crippen MR) is 84.0 cm³/mol. The fourth-order valence-corrected chi connectivity index (χ4v) is 3.99. The van der Waals surface area contributed by atoms with Crippen LogP contribution in [0.15, 0.2) is 34.8 Å². The number of aromatic hydroxyl groups is 1. The third-order valence-electron chi connectivity index (χ3n) is 4.69. The number of nitrogens with zero attached hydrogens (tertiary/aromatic N) is 1. The van der Waals surface area contributed by atoms with Crippen LogP contribution in [0.25, 0.3) is 11.1 Å². The smallest absolute Gasteiger partial charge is 0.137 e. The highest BCUT2D eigenvalue weighted by molar-refractivity contribution is 9.10. The standard InChI is InChI=1S/C17H16BrNO/c1-19-8-7-10-3-2-4-12-15(10)14(19)9-11-5-6-13(18)17(20)16(11)12/h2-6,14,20H,7-9H2,1H3/t14-/m0/s1. The van der Waals surface area contributed by atoms with Gasteiger partial charge in [0.15, 0.2) is 0 Å². The third kappa shape index (κ3) is 1.60. The molecule has 0 saturated carbocycles. The lowest BCUT2D eigenvalue weighted by atomic mass is 9.77. The van der Waals surface area contributed by atoms with Crippen LogP contribution in [0.1, 0.15) is 22.7 Å². The van der Waals surface area contributed by atoms with E-state index in [1.807, 2.05) is 6.07 Å². The van der Waals surface area contributed by atoms with E-state index in [0.29, 0.717) is 11.8 Å². The predicted octanol–water partition coefficient (Wildman–Crippen LogP) is 3.91. The summed E-state index contributed by atoms with van der Waals surface area (Å²) in [7, 11) is 2.20. The van der Waals surface area contributed by atoms with Gasteiger partial charge in [-0.15, -0.1) is 0 Å². The molecule has 0 bridgehead atoms. The summed E-state index contributed by atoms with van der Waals surface area (Å²) in [5, 5.41) is 10.5. The average molecular weight is 330 g/mol. The summed E-state index contributed by atoms with van der Waals surface area (Å²) in [5.41, 5.74) is 6.33. The van der Waals surface area contributed by atoms with Crippen molar-refractivity contribution in [3.8, 4) is 16.9 Å². The van der Waals surface area contributed by atoms with E-state index in [-0.39, 0.29) is 0 Å². The van der Waals surface area contributed by atoms with Gasteiger partial charge in [-0.2, -0.15) is 0 Å². The fourth-order valence-electron chi connectivity index (χ4n) is 3.66. The summed E-state index contributed by atoms with van der Waals surface area (Å²) < 4.78 is 0.775. The van der Waals surface area contributed by atoms with Gasteiger partial charge in [-0.3, -0.25) is 4.90 Å². The maximum atomic E-state index is 10.5. The van der Waals surface area contributed by atoms with E-state index in [4.69, 9.17) is 0 Å². The maximum absolute atomic E-state index is 10.5. The molecule has 102 valence electrons. The van der Waals surface area contributed by atoms with E-state index >= 15 is 0 Å². The Morgan fingerprint density at radius 3 is 2.90 bits per heavy atom.